The van der Waals surface area contributed by atoms with E-state index in [2.05, 4.69) is 12.2 Å². The number of halogens is 1. The summed E-state index contributed by atoms with van der Waals surface area (Å²) in [7, 11) is 3.28. The highest BCUT2D eigenvalue weighted by Gasteiger charge is 2.22. The van der Waals surface area contributed by atoms with Gasteiger partial charge in [-0.3, -0.25) is 0 Å². The molecule has 0 bridgehead atoms. The summed E-state index contributed by atoms with van der Waals surface area (Å²) in [4.78, 5) is 0. The predicted octanol–water partition coefficient (Wildman–Crippen LogP) is 4.04. The van der Waals surface area contributed by atoms with E-state index in [1.165, 1.54) is 0 Å². The maximum atomic E-state index is 6.15. The average Bonchev–Trinajstić information content (AvgIpc) is 2.94. The highest BCUT2D eigenvalue weighted by molar-refractivity contribution is 6.29. The van der Waals surface area contributed by atoms with Crippen molar-refractivity contribution < 1.29 is 13.9 Å². The van der Waals surface area contributed by atoms with Gasteiger partial charge in [-0.1, -0.05) is 6.92 Å². The molecule has 0 spiro atoms. The standard InChI is InChI=1S/C16H20ClNO3/c1-4-8-18-15(13-7-9-21-16(13)17)12-6-5-11(19-2)10-14(12)20-3/h5-7,9-10,15,18H,4,8H2,1-3H3. The quantitative estimate of drug-likeness (QED) is 0.838. The average molecular weight is 310 g/mol. The fourth-order valence-corrected chi connectivity index (χ4v) is 2.47. The van der Waals surface area contributed by atoms with Crippen molar-refractivity contribution in [3.8, 4) is 11.5 Å². The molecule has 0 fully saturated rings. The molecule has 2 rings (SSSR count). The minimum atomic E-state index is -0.0861. The molecule has 114 valence electrons. The van der Waals surface area contributed by atoms with Crippen LogP contribution in [-0.4, -0.2) is 20.8 Å². The van der Waals surface area contributed by atoms with Gasteiger partial charge in [-0.05, 0) is 42.8 Å². The van der Waals surface area contributed by atoms with Gasteiger partial charge in [0.1, 0.15) is 11.5 Å². The Morgan fingerprint density at radius 1 is 1.19 bits per heavy atom. The lowest BCUT2D eigenvalue weighted by Crippen LogP contribution is -2.23. The first kappa shape index (κ1) is 15.7. The van der Waals surface area contributed by atoms with Gasteiger partial charge in [-0.15, -0.1) is 0 Å². The molecule has 5 heteroatoms. The van der Waals surface area contributed by atoms with Crippen molar-refractivity contribution in [2.75, 3.05) is 20.8 Å². The fraction of sp³-hybridized carbons (Fsp3) is 0.375. The first-order valence-electron chi connectivity index (χ1n) is 6.89. The van der Waals surface area contributed by atoms with Crippen molar-refractivity contribution in [2.24, 2.45) is 0 Å². The minimum absolute atomic E-state index is 0.0861. The van der Waals surface area contributed by atoms with E-state index in [1.54, 1.807) is 20.5 Å². The molecule has 0 saturated carbocycles. The third-order valence-corrected chi connectivity index (χ3v) is 3.61. The van der Waals surface area contributed by atoms with E-state index >= 15 is 0 Å². The molecule has 0 aliphatic heterocycles. The Morgan fingerprint density at radius 2 is 2.00 bits per heavy atom. The highest BCUT2D eigenvalue weighted by Crippen LogP contribution is 2.36. The smallest absolute Gasteiger partial charge is 0.198 e. The predicted molar refractivity (Wildman–Crippen MR) is 83.4 cm³/mol. The summed E-state index contributed by atoms with van der Waals surface area (Å²) >= 11 is 6.15. The molecular weight excluding hydrogens is 290 g/mol. The van der Waals surface area contributed by atoms with Crippen LogP contribution in [0.15, 0.2) is 34.9 Å². The first-order valence-corrected chi connectivity index (χ1v) is 7.27. The Kier molecular flexibility index (Phi) is 5.53. The summed E-state index contributed by atoms with van der Waals surface area (Å²) in [5, 5.41) is 3.87. The van der Waals surface area contributed by atoms with Crippen molar-refractivity contribution in [1.29, 1.82) is 0 Å². The molecule has 0 saturated heterocycles. The van der Waals surface area contributed by atoms with Crippen LogP contribution in [-0.2, 0) is 0 Å². The minimum Gasteiger partial charge on any atom is -0.497 e. The van der Waals surface area contributed by atoms with Crippen molar-refractivity contribution in [2.45, 2.75) is 19.4 Å². The Morgan fingerprint density at radius 3 is 2.57 bits per heavy atom. The monoisotopic (exact) mass is 309 g/mol. The zero-order chi connectivity index (χ0) is 15.2. The van der Waals surface area contributed by atoms with Gasteiger partial charge in [0, 0.05) is 17.2 Å². The number of ether oxygens (including phenoxy) is 2. The van der Waals surface area contributed by atoms with Crippen molar-refractivity contribution in [3.63, 3.8) is 0 Å². The fourth-order valence-electron chi connectivity index (χ4n) is 2.24. The van der Waals surface area contributed by atoms with Crippen LogP contribution in [0.1, 0.15) is 30.5 Å². The second kappa shape index (κ2) is 7.38. The summed E-state index contributed by atoms with van der Waals surface area (Å²) in [6.07, 6.45) is 2.61. The summed E-state index contributed by atoms with van der Waals surface area (Å²) in [5.41, 5.74) is 1.89. The molecule has 1 unspecified atom stereocenters. The lowest BCUT2D eigenvalue weighted by atomic mass is 9.99. The van der Waals surface area contributed by atoms with Crippen LogP contribution in [0, 0.1) is 0 Å². The molecular formula is C16H20ClNO3. The Bertz CT molecular complexity index is 583. The Hall–Kier alpha value is -1.65. The zero-order valence-electron chi connectivity index (χ0n) is 12.5. The molecule has 1 heterocycles. The third-order valence-electron chi connectivity index (χ3n) is 3.31. The molecule has 1 aromatic carbocycles. The SMILES string of the molecule is CCCNC(c1ccc(OC)cc1OC)c1ccoc1Cl. The topological polar surface area (TPSA) is 43.6 Å². The van der Waals surface area contributed by atoms with Crippen molar-refractivity contribution >= 4 is 11.6 Å². The van der Waals surface area contributed by atoms with Gasteiger partial charge in [0.15, 0.2) is 5.22 Å². The zero-order valence-corrected chi connectivity index (χ0v) is 13.2. The van der Waals surface area contributed by atoms with Crippen LogP contribution in [0.4, 0.5) is 0 Å². The molecule has 1 aromatic heterocycles. The highest BCUT2D eigenvalue weighted by atomic mass is 35.5. The van der Waals surface area contributed by atoms with E-state index in [0.29, 0.717) is 5.22 Å². The van der Waals surface area contributed by atoms with Gasteiger partial charge >= 0.3 is 0 Å². The number of rotatable bonds is 7. The van der Waals surface area contributed by atoms with Crippen LogP contribution in [0.5, 0.6) is 11.5 Å². The van der Waals surface area contributed by atoms with Crippen molar-refractivity contribution in [3.05, 3.63) is 46.9 Å². The Labute approximate surface area is 130 Å². The number of benzene rings is 1. The normalized spacial score (nSPS) is 12.2. The third kappa shape index (κ3) is 3.52. The van der Waals surface area contributed by atoms with Crippen LogP contribution in [0.25, 0.3) is 0 Å². The van der Waals surface area contributed by atoms with E-state index in [4.69, 9.17) is 25.5 Å². The summed E-state index contributed by atoms with van der Waals surface area (Å²) in [5.74, 6) is 1.50. The van der Waals surface area contributed by atoms with Gasteiger partial charge in [0.25, 0.3) is 0 Å². The van der Waals surface area contributed by atoms with E-state index < -0.39 is 0 Å². The van der Waals surface area contributed by atoms with Crippen LogP contribution >= 0.6 is 11.6 Å². The van der Waals surface area contributed by atoms with Crippen LogP contribution < -0.4 is 14.8 Å². The first-order chi connectivity index (χ1) is 10.2. The number of nitrogens with one attached hydrogen (secondary N) is 1. The molecule has 0 amide bonds. The van der Waals surface area contributed by atoms with E-state index in [9.17, 15) is 0 Å². The molecule has 0 aliphatic carbocycles. The van der Waals surface area contributed by atoms with E-state index in [-0.39, 0.29) is 6.04 Å². The van der Waals surface area contributed by atoms with Crippen LogP contribution in [0.3, 0.4) is 0 Å². The molecule has 1 N–H and O–H groups in total. The Balaban J connectivity index is 2.43. The lowest BCUT2D eigenvalue weighted by molar-refractivity contribution is 0.387. The van der Waals surface area contributed by atoms with E-state index in [1.807, 2.05) is 24.3 Å². The number of methoxy groups -OCH3 is 2. The van der Waals surface area contributed by atoms with Gasteiger partial charge in [-0.2, -0.15) is 0 Å². The number of hydrogen-bond acceptors (Lipinski definition) is 4. The summed E-state index contributed by atoms with van der Waals surface area (Å²) in [6.45, 7) is 2.98. The summed E-state index contributed by atoms with van der Waals surface area (Å²) < 4.78 is 16.0. The lowest BCUT2D eigenvalue weighted by Gasteiger charge is -2.21. The molecule has 0 radical (unpaired) electrons. The molecule has 0 aliphatic rings. The maximum Gasteiger partial charge on any atom is 0.198 e. The van der Waals surface area contributed by atoms with Crippen molar-refractivity contribution in [1.82, 2.24) is 5.32 Å². The molecule has 1 atom stereocenters. The number of furan rings is 1. The second-order valence-electron chi connectivity index (χ2n) is 4.64. The molecule has 4 nitrogen and oxygen atoms in total. The van der Waals surface area contributed by atoms with Gasteiger partial charge in [0.05, 0.1) is 26.5 Å². The second-order valence-corrected chi connectivity index (χ2v) is 4.99. The van der Waals surface area contributed by atoms with Gasteiger partial charge in [0.2, 0.25) is 0 Å². The van der Waals surface area contributed by atoms with E-state index in [0.717, 1.165) is 35.6 Å². The van der Waals surface area contributed by atoms with Gasteiger partial charge in [-0.25, -0.2) is 0 Å². The summed E-state index contributed by atoms with van der Waals surface area (Å²) in [6, 6.07) is 7.54. The largest absolute Gasteiger partial charge is 0.497 e. The van der Waals surface area contributed by atoms with Crippen LogP contribution in [0.2, 0.25) is 5.22 Å². The maximum absolute atomic E-state index is 6.15. The molecule has 2 aromatic rings. The number of hydrogen-bond donors (Lipinski definition) is 1. The molecule has 21 heavy (non-hydrogen) atoms. The van der Waals surface area contributed by atoms with Gasteiger partial charge < -0.3 is 19.2 Å².